The molecule has 1 aliphatic carbocycles. The van der Waals surface area contributed by atoms with Gasteiger partial charge in [0.2, 0.25) is 0 Å². The topological polar surface area (TPSA) is 0 Å². The van der Waals surface area contributed by atoms with Gasteiger partial charge >= 0.3 is 0 Å². The summed E-state index contributed by atoms with van der Waals surface area (Å²) in [5.74, 6) is 0. The molecule has 0 saturated heterocycles. The maximum Gasteiger partial charge on any atom is -0.00853 e. The van der Waals surface area contributed by atoms with Crippen LogP contribution < -0.4 is 0 Å². The second-order valence-corrected chi connectivity index (χ2v) is 3.36. The number of hydrogen-bond acceptors (Lipinski definition) is 0. The summed E-state index contributed by atoms with van der Waals surface area (Å²) in [5, 5.41) is 0. The lowest BCUT2D eigenvalue weighted by atomic mass is 10.0. The van der Waals surface area contributed by atoms with Gasteiger partial charge in [0.15, 0.2) is 0 Å². The lowest BCUT2D eigenvalue weighted by Crippen LogP contribution is -1.82. The van der Waals surface area contributed by atoms with E-state index in [-0.39, 0.29) is 0 Å². The zero-order valence-corrected chi connectivity index (χ0v) is 7.96. The van der Waals surface area contributed by atoms with Gasteiger partial charge in [0.05, 0.1) is 0 Å². The maximum absolute atomic E-state index is 2.34. The summed E-state index contributed by atoms with van der Waals surface area (Å²) in [4.78, 5) is 0. The fourth-order valence-corrected chi connectivity index (χ4v) is 1.79. The summed E-state index contributed by atoms with van der Waals surface area (Å²) in [7, 11) is 0. The van der Waals surface area contributed by atoms with Crippen LogP contribution >= 0.6 is 0 Å². The van der Waals surface area contributed by atoms with Crippen LogP contribution in [0.4, 0.5) is 0 Å². The summed E-state index contributed by atoms with van der Waals surface area (Å²) in [6.45, 7) is 2.07. The van der Waals surface area contributed by atoms with Gasteiger partial charge in [-0.2, -0.15) is 0 Å². The van der Waals surface area contributed by atoms with Gasteiger partial charge in [0.25, 0.3) is 0 Å². The number of allylic oxidation sites excluding steroid dienone is 4. The molecule has 0 radical (unpaired) electrons. The summed E-state index contributed by atoms with van der Waals surface area (Å²) >= 11 is 0. The molecule has 1 aliphatic rings. The van der Waals surface area contributed by atoms with E-state index >= 15 is 0 Å². The molecule has 0 heteroatoms. The lowest BCUT2D eigenvalue weighted by molar-refractivity contribution is 1.31. The van der Waals surface area contributed by atoms with Gasteiger partial charge in [-0.05, 0) is 36.5 Å². The van der Waals surface area contributed by atoms with Crippen LogP contribution in [0.1, 0.15) is 24.5 Å². The summed E-state index contributed by atoms with van der Waals surface area (Å²) in [6, 6.07) is 8.67. The van der Waals surface area contributed by atoms with Crippen molar-refractivity contribution in [3.8, 4) is 0 Å². The van der Waals surface area contributed by atoms with Gasteiger partial charge in [-0.1, -0.05) is 42.5 Å². The third-order valence-corrected chi connectivity index (χ3v) is 2.51. The molecule has 0 unspecified atom stereocenters. The highest BCUT2D eigenvalue weighted by atomic mass is 14.1. The quantitative estimate of drug-likeness (QED) is 0.595. The first-order valence-corrected chi connectivity index (χ1v) is 4.80. The number of benzene rings is 1. The van der Waals surface area contributed by atoms with Crippen molar-refractivity contribution >= 4 is 5.57 Å². The van der Waals surface area contributed by atoms with E-state index in [4.69, 9.17) is 0 Å². The minimum atomic E-state index is 1.08. The predicted octanol–water partition coefficient (Wildman–Crippen LogP) is 3.59. The van der Waals surface area contributed by atoms with Gasteiger partial charge in [0.1, 0.15) is 0 Å². The molecule has 0 spiro atoms. The maximum atomic E-state index is 2.34. The van der Waals surface area contributed by atoms with E-state index in [9.17, 15) is 0 Å². The molecule has 13 heavy (non-hydrogen) atoms. The largest absolute Gasteiger partial charge is 0.0913 e. The van der Waals surface area contributed by atoms with Crippen molar-refractivity contribution in [1.29, 1.82) is 0 Å². The SMILES string of the molecule is C/C=C/CC1=CCc2ccccc21. The van der Waals surface area contributed by atoms with Gasteiger partial charge < -0.3 is 0 Å². The van der Waals surface area contributed by atoms with Crippen LogP contribution in [-0.2, 0) is 6.42 Å². The van der Waals surface area contributed by atoms with Gasteiger partial charge in [-0.3, -0.25) is 0 Å². The van der Waals surface area contributed by atoms with Crippen LogP contribution in [0.5, 0.6) is 0 Å². The lowest BCUT2D eigenvalue weighted by Gasteiger charge is -2.01. The average Bonchev–Trinajstić information content (AvgIpc) is 2.58. The molecule has 0 aromatic heterocycles. The minimum Gasteiger partial charge on any atom is -0.0913 e. The summed E-state index contributed by atoms with van der Waals surface area (Å²) in [6.07, 6.45) is 8.86. The highest BCUT2D eigenvalue weighted by Gasteiger charge is 2.10. The standard InChI is InChI=1S/C13H14/c1-2-3-6-11-9-10-12-7-4-5-8-13(11)12/h2-5,7-9H,6,10H2,1H3/b3-2+. The highest BCUT2D eigenvalue weighted by Crippen LogP contribution is 2.29. The van der Waals surface area contributed by atoms with E-state index in [0.29, 0.717) is 0 Å². The Hall–Kier alpha value is -1.30. The second kappa shape index (κ2) is 3.61. The van der Waals surface area contributed by atoms with Crippen LogP contribution in [0.3, 0.4) is 0 Å². The van der Waals surface area contributed by atoms with Crippen molar-refractivity contribution < 1.29 is 0 Å². The second-order valence-electron chi connectivity index (χ2n) is 3.36. The van der Waals surface area contributed by atoms with Crippen LogP contribution in [0, 0.1) is 0 Å². The Kier molecular flexibility index (Phi) is 2.31. The van der Waals surface area contributed by atoms with E-state index in [2.05, 4.69) is 49.4 Å². The third kappa shape index (κ3) is 1.57. The minimum absolute atomic E-state index is 1.08. The Balaban J connectivity index is 2.25. The van der Waals surface area contributed by atoms with Crippen molar-refractivity contribution in [2.75, 3.05) is 0 Å². The molecule has 0 atom stereocenters. The summed E-state index contributed by atoms with van der Waals surface area (Å²) < 4.78 is 0. The first-order valence-electron chi connectivity index (χ1n) is 4.80. The zero-order valence-electron chi connectivity index (χ0n) is 7.96. The fraction of sp³-hybridized carbons (Fsp3) is 0.231. The highest BCUT2D eigenvalue weighted by molar-refractivity contribution is 5.73. The Bertz CT molecular complexity index is 356. The molecule has 2 rings (SSSR count). The molecular formula is C13H14. The number of rotatable bonds is 2. The average molecular weight is 170 g/mol. The normalized spacial score (nSPS) is 14.7. The molecule has 0 nitrogen and oxygen atoms in total. The van der Waals surface area contributed by atoms with Gasteiger partial charge in [-0.25, -0.2) is 0 Å². The fourth-order valence-electron chi connectivity index (χ4n) is 1.79. The van der Waals surface area contributed by atoms with E-state index < -0.39 is 0 Å². The summed E-state index contributed by atoms with van der Waals surface area (Å²) in [5.41, 5.74) is 4.40. The first kappa shape index (κ1) is 8.31. The molecule has 1 aromatic carbocycles. The molecule has 0 amide bonds. The Morgan fingerprint density at radius 1 is 1.31 bits per heavy atom. The molecule has 0 heterocycles. The molecule has 0 bridgehead atoms. The molecule has 66 valence electrons. The first-order chi connectivity index (χ1) is 6.42. The molecule has 0 fully saturated rings. The van der Waals surface area contributed by atoms with Crippen molar-refractivity contribution in [1.82, 2.24) is 0 Å². The van der Waals surface area contributed by atoms with E-state index in [0.717, 1.165) is 12.8 Å². The van der Waals surface area contributed by atoms with Gasteiger partial charge in [0, 0.05) is 0 Å². The van der Waals surface area contributed by atoms with Crippen LogP contribution in [-0.4, -0.2) is 0 Å². The zero-order chi connectivity index (χ0) is 9.10. The smallest absolute Gasteiger partial charge is 0.00853 e. The molecule has 0 aliphatic heterocycles. The van der Waals surface area contributed by atoms with Crippen LogP contribution in [0.15, 0.2) is 42.5 Å². The molecular weight excluding hydrogens is 156 g/mol. The third-order valence-electron chi connectivity index (χ3n) is 2.51. The Morgan fingerprint density at radius 2 is 2.15 bits per heavy atom. The molecule has 0 N–H and O–H groups in total. The van der Waals surface area contributed by atoms with E-state index in [1.165, 1.54) is 16.7 Å². The molecule has 0 saturated carbocycles. The van der Waals surface area contributed by atoms with Crippen molar-refractivity contribution in [3.05, 3.63) is 53.6 Å². The predicted molar refractivity (Wildman–Crippen MR) is 57.6 cm³/mol. The molecule has 1 aromatic rings. The van der Waals surface area contributed by atoms with Crippen molar-refractivity contribution in [2.24, 2.45) is 0 Å². The monoisotopic (exact) mass is 170 g/mol. The number of hydrogen-bond donors (Lipinski definition) is 0. The van der Waals surface area contributed by atoms with Crippen molar-refractivity contribution in [3.63, 3.8) is 0 Å². The van der Waals surface area contributed by atoms with Crippen LogP contribution in [0.2, 0.25) is 0 Å². The van der Waals surface area contributed by atoms with Crippen LogP contribution in [0.25, 0.3) is 5.57 Å². The van der Waals surface area contributed by atoms with E-state index in [1.807, 2.05) is 0 Å². The Labute approximate surface area is 79.6 Å². The Morgan fingerprint density at radius 3 is 3.00 bits per heavy atom. The van der Waals surface area contributed by atoms with E-state index in [1.54, 1.807) is 0 Å². The number of fused-ring (bicyclic) bond motifs is 1. The van der Waals surface area contributed by atoms with Crippen molar-refractivity contribution in [2.45, 2.75) is 19.8 Å². The van der Waals surface area contributed by atoms with Gasteiger partial charge in [-0.15, -0.1) is 0 Å².